The Morgan fingerprint density at radius 3 is 1.61 bits per heavy atom. The van der Waals surface area contributed by atoms with Gasteiger partial charge in [-0.1, -0.05) is 67.5 Å². The molecule has 3 aromatic rings. The summed E-state index contributed by atoms with van der Waals surface area (Å²) in [6.45, 7) is 9.77. The lowest BCUT2D eigenvalue weighted by atomic mass is 9.30. The van der Waals surface area contributed by atoms with Crippen molar-refractivity contribution in [1.82, 2.24) is 0 Å². The number of anilines is 3. The van der Waals surface area contributed by atoms with Crippen LogP contribution in [-0.4, -0.2) is 0 Å². The quantitative estimate of drug-likeness (QED) is 0.439. The Bertz CT molecular complexity index is 1190. The predicted octanol–water partition coefficient (Wildman–Crippen LogP) is 6.65. The molecular formula is C27H23N. The molecule has 0 amide bonds. The molecule has 4 aliphatic rings. The Morgan fingerprint density at radius 1 is 0.607 bits per heavy atom. The van der Waals surface area contributed by atoms with E-state index in [1.807, 2.05) is 0 Å². The smallest absolute Gasteiger partial charge is 0.0512 e. The second-order valence-electron chi connectivity index (χ2n) is 9.32. The van der Waals surface area contributed by atoms with Crippen LogP contribution in [0, 0.1) is 0 Å². The molecule has 1 nitrogen and oxygen atoms in total. The zero-order chi connectivity index (χ0) is 19.1. The van der Waals surface area contributed by atoms with E-state index < -0.39 is 0 Å². The average molecular weight is 361 g/mol. The lowest BCUT2D eigenvalue weighted by Gasteiger charge is -2.72. The molecule has 28 heavy (non-hydrogen) atoms. The normalized spacial score (nSPS) is 32.5. The fourth-order valence-electron chi connectivity index (χ4n) is 7.68. The Labute approximate surface area is 166 Å². The molecule has 1 spiro atoms. The largest absolute Gasteiger partial charge is 0.310 e. The summed E-state index contributed by atoms with van der Waals surface area (Å²) < 4.78 is 0. The second-order valence-corrected chi connectivity index (χ2v) is 9.32. The zero-order valence-corrected chi connectivity index (χ0v) is 16.8. The van der Waals surface area contributed by atoms with Crippen molar-refractivity contribution >= 4 is 17.1 Å². The summed E-state index contributed by atoms with van der Waals surface area (Å²) >= 11 is 0. The monoisotopic (exact) mass is 361 g/mol. The maximum atomic E-state index is 2.50. The first-order valence-corrected chi connectivity index (χ1v) is 10.3. The summed E-state index contributed by atoms with van der Waals surface area (Å²) in [6, 6.07) is 24.8. The molecule has 136 valence electrons. The lowest BCUT2D eigenvalue weighted by Crippen LogP contribution is -2.71. The molecule has 0 N–H and O–H groups in total. The Morgan fingerprint density at radius 2 is 1.11 bits per heavy atom. The lowest BCUT2D eigenvalue weighted by molar-refractivity contribution is 0.158. The van der Waals surface area contributed by atoms with E-state index in [9.17, 15) is 0 Å². The van der Waals surface area contributed by atoms with Crippen molar-refractivity contribution in [2.24, 2.45) is 0 Å². The molecule has 1 aliphatic heterocycles. The SMILES string of the molecule is CC1=C(C)C2(C)c3cccc4c3C23c2c(cccc2C13C)N4c1ccccc1. The van der Waals surface area contributed by atoms with Crippen molar-refractivity contribution < 1.29 is 0 Å². The molecule has 0 fully saturated rings. The Kier molecular flexibility index (Phi) is 2.23. The van der Waals surface area contributed by atoms with Gasteiger partial charge in [0.25, 0.3) is 0 Å². The first-order valence-electron chi connectivity index (χ1n) is 10.3. The van der Waals surface area contributed by atoms with E-state index in [0.29, 0.717) is 0 Å². The maximum absolute atomic E-state index is 2.50. The summed E-state index contributed by atoms with van der Waals surface area (Å²) in [7, 11) is 0. The van der Waals surface area contributed by atoms with Gasteiger partial charge in [-0.3, -0.25) is 0 Å². The molecule has 1 heterocycles. The molecule has 2 unspecified atom stereocenters. The summed E-state index contributed by atoms with van der Waals surface area (Å²) in [6.07, 6.45) is 0. The molecule has 0 saturated heterocycles. The summed E-state index contributed by atoms with van der Waals surface area (Å²) in [5.74, 6) is 0. The van der Waals surface area contributed by atoms with E-state index in [4.69, 9.17) is 0 Å². The molecular weight excluding hydrogens is 338 g/mol. The summed E-state index contributed by atoms with van der Waals surface area (Å²) in [5, 5.41) is 0. The number of hydrogen-bond acceptors (Lipinski definition) is 1. The van der Waals surface area contributed by atoms with Gasteiger partial charge >= 0.3 is 0 Å². The Balaban J connectivity index is 1.68. The van der Waals surface area contributed by atoms with Gasteiger partial charge in [0.1, 0.15) is 0 Å². The van der Waals surface area contributed by atoms with Crippen LogP contribution in [0.15, 0.2) is 77.9 Å². The molecule has 0 radical (unpaired) electrons. The number of allylic oxidation sites excluding steroid dienone is 2. The molecule has 0 aromatic heterocycles. The minimum atomic E-state index is 0.108. The predicted molar refractivity (Wildman–Crippen MR) is 115 cm³/mol. The number of rotatable bonds is 1. The average Bonchev–Trinajstić information content (AvgIpc) is 2.81. The number of nitrogens with zero attached hydrogens (tertiary/aromatic N) is 1. The summed E-state index contributed by atoms with van der Waals surface area (Å²) in [5.41, 5.74) is 13.7. The van der Waals surface area contributed by atoms with E-state index in [-0.39, 0.29) is 16.2 Å². The summed E-state index contributed by atoms with van der Waals surface area (Å²) in [4.78, 5) is 2.49. The third-order valence-electron chi connectivity index (χ3n) is 8.97. The highest BCUT2D eigenvalue weighted by atomic mass is 15.2. The number of benzene rings is 3. The van der Waals surface area contributed by atoms with Crippen LogP contribution < -0.4 is 4.90 Å². The third-order valence-corrected chi connectivity index (χ3v) is 8.97. The van der Waals surface area contributed by atoms with Crippen molar-refractivity contribution in [2.75, 3.05) is 4.90 Å². The van der Waals surface area contributed by atoms with Crippen molar-refractivity contribution in [3.63, 3.8) is 0 Å². The highest BCUT2D eigenvalue weighted by Gasteiger charge is 2.82. The van der Waals surface area contributed by atoms with Gasteiger partial charge in [0.05, 0.1) is 16.8 Å². The van der Waals surface area contributed by atoms with E-state index in [0.717, 1.165) is 0 Å². The molecule has 0 saturated carbocycles. The standard InChI is InChI=1S/C27H23N/c1-16-17(2)26(4)20-13-9-15-22-24(20)27(26)23-19(25(16,27)3)12-8-14-21(23)28(22)18-10-6-5-7-11-18/h5-15H,1-4H3. The fourth-order valence-corrected chi connectivity index (χ4v) is 7.68. The van der Waals surface area contributed by atoms with Gasteiger partial charge in [-0.25, -0.2) is 0 Å². The molecule has 7 rings (SSSR count). The van der Waals surface area contributed by atoms with E-state index >= 15 is 0 Å². The van der Waals surface area contributed by atoms with Crippen LogP contribution in [0.3, 0.4) is 0 Å². The molecule has 2 atom stereocenters. The van der Waals surface area contributed by atoms with E-state index in [1.54, 1.807) is 22.3 Å². The van der Waals surface area contributed by atoms with Gasteiger partial charge in [-0.2, -0.15) is 0 Å². The van der Waals surface area contributed by atoms with Crippen molar-refractivity contribution in [2.45, 2.75) is 43.9 Å². The van der Waals surface area contributed by atoms with Crippen LogP contribution in [0.4, 0.5) is 17.1 Å². The topological polar surface area (TPSA) is 3.24 Å². The minimum absolute atomic E-state index is 0.108. The van der Waals surface area contributed by atoms with Crippen LogP contribution in [-0.2, 0) is 16.2 Å². The highest BCUT2D eigenvalue weighted by Crippen LogP contribution is 2.85. The van der Waals surface area contributed by atoms with E-state index in [2.05, 4.69) is 99.3 Å². The Hall–Kier alpha value is -2.80. The molecule has 3 aliphatic carbocycles. The number of fused-ring (bicyclic) bond motifs is 2. The number of para-hydroxylation sites is 1. The van der Waals surface area contributed by atoms with Crippen LogP contribution in [0.1, 0.15) is 49.9 Å². The van der Waals surface area contributed by atoms with Crippen molar-refractivity contribution in [3.8, 4) is 0 Å². The van der Waals surface area contributed by atoms with Crippen LogP contribution in [0.2, 0.25) is 0 Å². The van der Waals surface area contributed by atoms with Crippen LogP contribution in [0.5, 0.6) is 0 Å². The van der Waals surface area contributed by atoms with Gasteiger partial charge in [0.2, 0.25) is 0 Å². The van der Waals surface area contributed by atoms with Crippen molar-refractivity contribution in [1.29, 1.82) is 0 Å². The van der Waals surface area contributed by atoms with E-state index in [1.165, 1.54) is 28.2 Å². The first kappa shape index (κ1) is 15.2. The molecule has 1 heteroatoms. The number of hydrogen-bond donors (Lipinski definition) is 0. The molecule has 0 bridgehead atoms. The fraction of sp³-hybridized carbons (Fsp3) is 0.259. The van der Waals surface area contributed by atoms with Crippen LogP contribution >= 0.6 is 0 Å². The highest BCUT2D eigenvalue weighted by molar-refractivity contribution is 5.99. The van der Waals surface area contributed by atoms with Gasteiger partial charge in [-0.05, 0) is 60.4 Å². The zero-order valence-electron chi connectivity index (χ0n) is 16.8. The maximum Gasteiger partial charge on any atom is 0.0512 e. The molecule has 3 aromatic carbocycles. The van der Waals surface area contributed by atoms with Crippen LogP contribution in [0.25, 0.3) is 0 Å². The first-order chi connectivity index (χ1) is 13.5. The van der Waals surface area contributed by atoms with Gasteiger partial charge < -0.3 is 4.90 Å². The van der Waals surface area contributed by atoms with Gasteiger partial charge in [0, 0.05) is 16.5 Å². The third kappa shape index (κ3) is 1.07. The van der Waals surface area contributed by atoms with Gasteiger partial charge in [-0.15, -0.1) is 0 Å². The van der Waals surface area contributed by atoms with Crippen molar-refractivity contribution in [3.05, 3.63) is 100 Å². The van der Waals surface area contributed by atoms with Gasteiger partial charge in [0.15, 0.2) is 0 Å². The minimum Gasteiger partial charge on any atom is -0.310 e. The second kappa shape index (κ2) is 4.12.